The van der Waals surface area contributed by atoms with E-state index in [0.29, 0.717) is 21.1 Å². The van der Waals surface area contributed by atoms with E-state index in [0.717, 1.165) is 12.1 Å². The summed E-state index contributed by atoms with van der Waals surface area (Å²) in [6, 6.07) is 16.3. The van der Waals surface area contributed by atoms with E-state index in [9.17, 15) is 28.7 Å². The number of rotatable bonds is 5. The second kappa shape index (κ2) is 11.5. The number of carbonyl (C=O) groups excluding carboxylic acids is 5. The maximum absolute atomic E-state index is 15.1. The summed E-state index contributed by atoms with van der Waals surface area (Å²) in [5.74, 6) is -8.24. The Hall–Kier alpha value is -5.23. The summed E-state index contributed by atoms with van der Waals surface area (Å²) < 4.78 is 24.3. The zero-order chi connectivity index (χ0) is 34.1. The average molecular weight is 674 g/mol. The number of likely N-dealkylation sites (tertiary alicyclic amines) is 1. The van der Waals surface area contributed by atoms with Gasteiger partial charge in [0.15, 0.2) is 0 Å². The van der Waals surface area contributed by atoms with Crippen LogP contribution in [0.1, 0.15) is 29.9 Å². The van der Waals surface area contributed by atoms with Crippen LogP contribution in [0.2, 0.25) is 5.02 Å². The first-order chi connectivity index (χ1) is 23.0. The van der Waals surface area contributed by atoms with Crippen molar-refractivity contribution in [2.75, 3.05) is 19.6 Å². The van der Waals surface area contributed by atoms with Gasteiger partial charge in [-0.15, -0.1) is 0 Å². The summed E-state index contributed by atoms with van der Waals surface area (Å²) in [5, 5.41) is 12.8. The molecule has 4 aliphatic rings. The zero-order valence-corrected chi connectivity index (χ0v) is 26.4. The first kappa shape index (κ1) is 31.4. The van der Waals surface area contributed by atoms with Crippen LogP contribution in [0.3, 0.4) is 0 Å². The lowest BCUT2D eigenvalue weighted by Gasteiger charge is -2.50. The molecule has 0 spiro atoms. The van der Waals surface area contributed by atoms with Gasteiger partial charge >= 0.3 is 6.09 Å². The number of allylic oxidation sites excluding steroid dienone is 2. The fraction of sp³-hybridized carbons (Fsp3) is 0.286. The average Bonchev–Trinajstić information content (AvgIpc) is 3.46. The van der Waals surface area contributed by atoms with Crippen LogP contribution in [-0.2, 0) is 29.3 Å². The van der Waals surface area contributed by atoms with Gasteiger partial charge in [0.05, 0.1) is 43.1 Å². The number of amides is 5. The van der Waals surface area contributed by atoms with Crippen LogP contribution in [0, 0.1) is 29.5 Å². The molecular weight excluding hydrogens is 645 g/mol. The number of halogens is 2. The van der Waals surface area contributed by atoms with E-state index in [1.54, 1.807) is 42.5 Å². The predicted octanol–water partition coefficient (Wildman–Crippen LogP) is 4.94. The molecule has 2 heterocycles. The van der Waals surface area contributed by atoms with Crippen molar-refractivity contribution in [3.05, 3.63) is 100 Å². The molecule has 1 saturated carbocycles. The molecule has 3 aromatic rings. The number of hydrogen-bond acceptors (Lipinski definition) is 9. The summed E-state index contributed by atoms with van der Waals surface area (Å²) in [7, 11) is 2.48. The predicted molar refractivity (Wildman–Crippen MR) is 168 cm³/mol. The van der Waals surface area contributed by atoms with E-state index in [2.05, 4.69) is 5.43 Å². The Labute approximate surface area is 278 Å². The number of hydrazine groups is 1. The second-order valence-corrected chi connectivity index (χ2v) is 12.7. The van der Waals surface area contributed by atoms with E-state index in [1.807, 2.05) is 0 Å². The maximum Gasteiger partial charge on any atom is 0.423 e. The highest BCUT2D eigenvalue weighted by molar-refractivity contribution is 6.30. The van der Waals surface area contributed by atoms with Crippen LogP contribution in [0.5, 0.6) is 11.5 Å². The van der Waals surface area contributed by atoms with Crippen molar-refractivity contribution >= 4 is 47.0 Å². The number of benzene rings is 3. The number of nitrogens with zero attached hydrogens (tertiary/aromatic N) is 2. The number of anilines is 1. The van der Waals surface area contributed by atoms with Gasteiger partial charge in [0.2, 0.25) is 11.8 Å². The van der Waals surface area contributed by atoms with Crippen LogP contribution in [0.4, 0.5) is 14.9 Å². The lowest BCUT2D eigenvalue weighted by atomic mass is 9.49. The van der Waals surface area contributed by atoms with Gasteiger partial charge in [-0.1, -0.05) is 41.4 Å². The second-order valence-electron chi connectivity index (χ2n) is 12.2. The number of phenols is 1. The molecule has 3 aromatic carbocycles. The van der Waals surface area contributed by atoms with E-state index in [1.165, 1.54) is 37.4 Å². The number of phenolic OH excluding ortho intramolecular Hbond substituents is 1. The topological polar surface area (TPSA) is 143 Å². The zero-order valence-electron chi connectivity index (χ0n) is 25.7. The van der Waals surface area contributed by atoms with E-state index >= 15 is 4.79 Å². The van der Waals surface area contributed by atoms with Crippen molar-refractivity contribution in [1.29, 1.82) is 0 Å². The fourth-order valence-electron chi connectivity index (χ4n) is 8.24. The van der Waals surface area contributed by atoms with Gasteiger partial charge in [-0.05, 0) is 72.9 Å². The molecule has 6 atom stereocenters. The minimum Gasteiger partial charge on any atom is -0.508 e. The number of methoxy groups -OCH3 is 2. The fourth-order valence-corrected chi connectivity index (χ4v) is 8.37. The minimum absolute atomic E-state index is 0.0533. The number of imide groups is 4. The highest BCUT2D eigenvalue weighted by Crippen LogP contribution is 2.65. The van der Waals surface area contributed by atoms with E-state index in [4.69, 9.17) is 21.1 Å². The largest absolute Gasteiger partial charge is 0.508 e. The van der Waals surface area contributed by atoms with Gasteiger partial charge in [-0.3, -0.25) is 24.6 Å². The molecule has 11 nitrogen and oxygen atoms in total. The highest BCUT2D eigenvalue weighted by atomic mass is 35.5. The molecule has 2 saturated heterocycles. The van der Waals surface area contributed by atoms with Crippen molar-refractivity contribution < 1.29 is 42.9 Å². The van der Waals surface area contributed by atoms with E-state index in [-0.39, 0.29) is 35.6 Å². The number of carbonyl (C=O) groups is 5. The first-order valence-electron chi connectivity index (χ1n) is 15.2. The van der Waals surface area contributed by atoms with Crippen LogP contribution in [0.15, 0.2) is 78.4 Å². The highest BCUT2D eigenvalue weighted by Gasteiger charge is 2.71. The molecule has 5 amide bonds. The van der Waals surface area contributed by atoms with Crippen LogP contribution in [-0.4, -0.2) is 59.0 Å². The van der Waals surface area contributed by atoms with Crippen molar-refractivity contribution in [3.8, 4) is 11.5 Å². The van der Waals surface area contributed by atoms with Gasteiger partial charge in [0.25, 0.3) is 11.8 Å². The van der Waals surface area contributed by atoms with Crippen LogP contribution < -0.4 is 10.2 Å². The van der Waals surface area contributed by atoms with Gasteiger partial charge in [-0.25, -0.2) is 9.18 Å². The molecule has 0 radical (unpaired) electrons. The van der Waals surface area contributed by atoms with Crippen molar-refractivity contribution in [2.45, 2.75) is 24.2 Å². The lowest BCUT2D eigenvalue weighted by Crippen LogP contribution is -2.53. The number of ether oxygens (including phenoxy) is 2. The summed E-state index contributed by atoms with van der Waals surface area (Å²) in [5.41, 5.74) is 2.57. The van der Waals surface area contributed by atoms with Gasteiger partial charge in [0, 0.05) is 16.5 Å². The Kier molecular flexibility index (Phi) is 7.50. The molecule has 7 rings (SSSR count). The Morgan fingerprint density at radius 3 is 2.33 bits per heavy atom. The molecule has 6 unspecified atom stereocenters. The van der Waals surface area contributed by atoms with E-state index < -0.39 is 70.5 Å². The summed E-state index contributed by atoms with van der Waals surface area (Å²) >= 11 is 6.30. The Morgan fingerprint density at radius 1 is 0.958 bits per heavy atom. The monoisotopic (exact) mass is 673 g/mol. The smallest absolute Gasteiger partial charge is 0.423 e. The molecule has 246 valence electrons. The Morgan fingerprint density at radius 2 is 1.67 bits per heavy atom. The summed E-state index contributed by atoms with van der Waals surface area (Å²) in [6.07, 6.45) is 0.674. The normalized spacial score (nSPS) is 27.7. The van der Waals surface area contributed by atoms with Gasteiger partial charge in [0.1, 0.15) is 17.3 Å². The molecule has 48 heavy (non-hydrogen) atoms. The number of fused-ring (bicyclic) bond motifs is 4. The third-order valence-electron chi connectivity index (χ3n) is 10.2. The quantitative estimate of drug-likeness (QED) is 0.284. The molecule has 2 aliphatic heterocycles. The summed E-state index contributed by atoms with van der Waals surface area (Å²) in [6.45, 7) is 0. The molecular formula is C35H29ClFN3O8. The van der Waals surface area contributed by atoms with Gasteiger partial charge in [-0.2, -0.15) is 9.91 Å². The van der Waals surface area contributed by atoms with Crippen molar-refractivity contribution in [2.24, 2.45) is 23.7 Å². The molecule has 2 N–H and O–H groups in total. The van der Waals surface area contributed by atoms with Crippen LogP contribution in [0.25, 0.3) is 0 Å². The molecule has 13 heteroatoms. The number of nitrogens with one attached hydrogen (secondary N) is 1. The Balaban J connectivity index is 1.49. The van der Waals surface area contributed by atoms with Crippen molar-refractivity contribution in [1.82, 2.24) is 9.91 Å². The molecule has 3 fully saturated rings. The lowest BCUT2D eigenvalue weighted by molar-refractivity contribution is -0.140. The minimum atomic E-state index is -1.72. The third kappa shape index (κ3) is 4.35. The maximum atomic E-state index is 15.1. The number of hydrogen-bond donors (Lipinski definition) is 2. The number of aromatic hydroxyl groups is 1. The molecule has 0 aromatic heterocycles. The Bertz CT molecular complexity index is 1920. The third-order valence-corrected chi connectivity index (χ3v) is 10.4. The SMILES string of the molecule is COC(=O)N1C(=O)C2CC=C3C(CC4C(=O)N(Nc5ccc(F)cc5)C(=O)C4(c4ccc(Cl)cc4)C3c3c(O)cccc3OC)C2C1=O. The summed E-state index contributed by atoms with van der Waals surface area (Å²) in [4.78, 5) is 70.1. The first-order valence-corrected chi connectivity index (χ1v) is 15.6. The van der Waals surface area contributed by atoms with Gasteiger partial charge < -0.3 is 14.6 Å². The van der Waals surface area contributed by atoms with Crippen molar-refractivity contribution in [3.63, 3.8) is 0 Å². The standard InChI is InChI=1S/C35H29ClFN3O8/c1-47-26-5-3-4-25(41)28(26)29-21-14-15-22-27(32(44)39(30(22)42)34(46)48-2)23(21)16-24-31(43)40(38-20-12-10-19(37)11-13-20)33(45)35(24,29)17-6-8-18(36)9-7-17/h3-14,22-24,27,29,38,41H,15-16H2,1-2H3. The van der Waals surface area contributed by atoms with Crippen LogP contribution >= 0.6 is 11.6 Å². The molecule has 2 aliphatic carbocycles. The molecule has 0 bridgehead atoms.